The van der Waals surface area contributed by atoms with E-state index in [0.717, 1.165) is 5.56 Å². The molecule has 0 aliphatic carbocycles. The number of aliphatic hydroxyl groups is 1. The first-order chi connectivity index (χ1) is 13.9. The largest absolute Gasteiger partial charge is 0.397 e. The molecule has 1 aliphatic heterocycles. The molecule has 146 valence electrons. The van der Waals surface area contributed by atoms with Crippen molar-refractivity contribution in [3.05, 3.63) is 42.2 Å². The number of aromatic nitrogens is 3. The highest BCUT2D eigenvalue weighted by Crippen LogP contribution is 2.28. The standard InChI is InChI=1S/C21H20N6O2/c1-23-19-17-15(22)11-24-12-16(17)25-18(26-19)14-5-3-4-13(10-14)6-7-21(29)8-9-27(2)20(21)28/h3-5,10-12,29H,8-9,22H2,1-2H3,(H,23,25,26)/t21-/m0/s1. The Balaban J connectivity index is 1.74. The van der Waals surface area contributed by atoms with E-state index in [1.807, 2.05) is 24.3 Å². The maximum atomic E-state index is 12.1. The van der Waals surface area contributed by atoms with E-state index in [0.29, 0.717) is 46.8 Å². The molecule has 0 radical (unpaired) electrons. The summed E-state index contributed by atoms with van der Waals surface area (Å²) in [5.41, 5.74) is 6.92. The average Bonchev–Trinajstić information content (AvgIpc) is 3.00. The van der Waals surface area contributed by atoms with Gasteiger partial charge in [0, 0.05) is 38.2 Å². The van der Waals surface area contributed by atoms with Crippen molar-refractivity contribution in [2.45, 2.75) is 12.0 Å². The lowest BCUT2D eigenvalue weighted by molar-refractivity contribution is -0.137. The molecule has 4 rings (SSSR count). The summed E-state index contributed by atoms with van der Waals surface area (Å²) >= 11 is 0. The zero-order chi connectivity index (χ0) is 20.6. The summed E-state index contributed by atoms with van der Waals surface area (Å²) in [6, 6.07) is 7.33. The van der Waals surface area contributed by atoms with Crippen LogP contribution in [0, 0.1) is 11.8 Å². The van der Waals surface area contributed by atoms with Crippen LogP contribution in [0.1, 0.15) is 12.0 Å². The number of carbonyl (C=O) groups is 1. The first kappa shape index (κ1) is 18.7. The van der Waals surface area contributed by atoms with Gasteiger partial charge in [-0.25, -0.2) is 9.97 Å². The molecule has 3 aromatic rings. The molecule has 4 N–H and O–H groups in total. The second-order valence-corrected chi connectivity index (χ2v) is 6.94. The van der Waals surface area contributed by atoms with Crippen LogP contribution in [0.25, 0.3) is 22.3 Å². The summed E-state index contributed by atoms with van der Waals surface area (Å²) in [5.74, 6) is 6.37. The number of anilines is 2. The van der Waals surface area contributed by atoms with Gasteiger partial charge in [-0.1, -0.05) is 24.0 Å². The molecule has 3 heterocycles. The minimum Gasteiger partial charge on any atom is -0.397 e. The van der Waals surface area contributed by atoms with Gasteiger partial charge in [-0.15, -0.1) is 0 Å². The summed E-state index contributed by atoms with van der Waals surface area (Å²) in [7, 11) is 3.42. The van der Waals surface area contributed by atoms with Gasteiger partial charge in [-0.2, -0.15) is 0 Å². The SMILES string of the molecule is CNc1nc(-c2cccc(C#C[C@]3(O)CCN(C)C3=O)c2)nc2cncc(N)c12. The zero-order valence-electron chi connectivity index (χ0n) is 16.1. The predicted molar refractivity (Wildman–Crippen MR) is 111 cm³/mol. The van der Waals surface area contributed by atoms with Gasteiger partial charge >= 0.3 is 0 Å². The number of fused-ring (bicyclic) bond motifs is 1. The highest BCUT2D eigenvalue weighted by atomic mass is 16.3. The number of hydrogen-bond donors (Lipinski definition) is 3. The Labute approximate surface area is 167 Å². The third kappa shape index (κ3) is 3.32. The minimum absolute atomic E-state index is 0.294. The van der Waals surface area contributed by atoms with Crippen LogP contribution in [0.2, 0.25) is 0 Å². The number of rotatable bonds is 2. The molecule has 2 aromatic heterocycles. The predicted octanol–water partition coefficient (Wildman–Crippen LogP) is 1.26. The van der Waals surface area contributed by atoms with Crippen molar-refractivity contribution in [2.75, 3.05) is 31.7 Å². The third-order valence-electron chi connectivity index (χ3n) is 4.92. The number of pyridine rings is 1. The van der Waals surface area contributed by atoms with E-state index in [4.69, 9.17) is 5.73 Å². The topological polar surface area (TPSA) is 117 Å². The number of carbonyl (C=O) groups excluding carboxylic acids is 1. The fourth-order valence-electron chi connectivity index (χ4n) is 3.30. The minimum atomic E-state index is -1.63. The number of nitrogens with one attached hydrogen (secondary N) is 1. The molecule has 0 bridgehead atoms. The Morgan fingerprint density at radius 2 is 2.14 bits per heavy atom. The summed E-state index contributed by atoms with van der Waals surface area (Å²) in [6.07, 6.45) is 3.50. The smallest absolute Gasteiger partial charge is 0.267 e. The first-order valence-electron chi connectivity index (χ1n) is 9.12. The fourth-order valence-corrected chi connectivity index (χ4v) is 3.30. The van der Waals surface area contributed by atoms with Crippen molar-refractivity contribution in [1.82, 2.24) is 19.9 Å². The van der Waals surface area contributed by atoms with Gasteiger partial charge in [0.25, 0.3) is 5.91 Å². The monoisotopic (exact) mass is 388 g/mol. The van der Waals surface area contributed by atoms with Gasteiger partial charge in [0.2, 0.25) is 5.60 Å². The van der Waals surface area contributed by atoms with Crippen molar-refractivity contribution in [1.29, 1.82) is 0 Å². The Kier molecular flexibility index (Phi) is 4.53. The Hall–Kier alpha value is -3.70. The number of benzene rings is 1. The summed E-state index contributed by atoms with van der Waals surface area (Å²) in [4.78, 5) is 26.8. The third-order valence-corrected chi connectivity index (χ3v) is 4.92. The van der Waals surface area contributed by atoms with Gasteiger partial charge in [-0.3, -0.25) is 9.78 Å². The average molecular weight is 388 g/mol. The van der Waals surface area contributed by atoms with Gasteiger partial charge in [0.05, 0.1) is 29.0 Å². The summed E-state index contributed by atoms with van der Waals surface area (Å²) in [6.45, 7) is 0.485. The van der Waals surface area contributed by atoms with E-state index >= 15 is 0 Å². The number of likely N-dealkylation sites (tertiary alicyclic amines) is 1. The van der Waals surface area contributed by atoms with E-state index in [2.05, 4.69) is 32.1 Å². The molecule has 1 fully saturated rings. The first-order valence-corrected chi connectivity index (χ1v) is 9.12. The molecule has 29 heavy (non-hydrogen) atoms. The van der Waals surface area contributed by atoms with Crippen LogP contribution in [0.5, 0.6) is 0 Å². The number of nitrogens with zero attached hydrogens (tertiary/aromatic N) is 4. The van der Waals surface area contributed by atoms with E-state index in [1.54, 1.807) is 26.5 Å². The number of nitrogens with two attached hydrogens (primary N) is 1. The molecule has 1 amide bonds. The van der Waals surface area contributed by atoms with E-state index in [-0.39, 0.29) is 5.91 Å². The molecule has 8 nitrogen and oxygen atoms in total. The fraction of sp³-hybridized carbons (Fsp3) is 0.238. The molecular formula is C21H20N6O2. The second-order valence-electron chi connectivity index (χ2n) is 6.94. The number of hydrogen-bond acceptors (Lipinski definition) is 7. The lowest BCUT2D eigenvalue weighted by Gasteiger charge is -2.13. The van der Waals surface area contributed by atoms with E-state index in [1.165, 1.54) is 4.90 Å². The van der Waals surface area contributed by atoms with Crippen molar-refractivity contribution >= 4 is 28.3 Å². The molecule has 8 heteroatoms. The van der Waals surface area contributed by atoms with Crippen molar-refractivity contribution in [2.24, 2.45) is 0 Å². The molecular weight excluding hydrogens is 368 g/mol. The van der Waals surface area contributed by atoms with Gasteiger partial charge in [-0.05, 0) is 12.1 Å². The summed E-state index contributed by atoms with van der Waals surface area (Å²) in [5, 5.41) is 14.2. The number of amides is 1. The highest BCUT2D eigenvalue weighted by Gasteiger charge is 2.42. The van der Waals surface area contributed by atoms with Crippen molar-refractivity contribution in [3.8, 4) is 23.2 Å². The molecule has 0 saturated carbocycles. The van der Waals surface area contributed by atoms with Crippen LogP contribution < -0.4 is 11.1 Å². The van der Waals surface area contributed by atoms with Gasteiger partial charge < -0.3 is 21.1 Å². The molecule has 1 aliphatic rings. The quantitative estimate of drug-likeness (QED) is 0.566. The van der Waals surface area contributed by atoms with Crippen LogP contribution in [0.15, 0.2) is 36.7 Å². The lowest BCUT2D eigenvalue weighted by Crippen LogP contribution is -2.37. The van der Waals surface area contributed by atoms with E-state index in [9.17, 15) is 9.90 Å². The molecule has 1 aromatic carbocycles. The van der Waals surface area contributed by atoms with Crippen LogP contribution >= 0.6 is 0 Å². The maximum Gasteiger partial charge on any atom is 0.267 e. The highest BCUT2D eigenvalue weighted by molar-refractivity contribution is 5.98. The second kappa shape index (κ2) is 7.04. The maximum absolute atomic E-state index is 12.1. The van der Waals surface area contributed by atoms with Crippen LogP contribution in [-0.4, -0.2) is 57.1 Å². The number of likely N-dealkylation sites (N-methyl/N-ethyl adjacent to an activating group) is 1. The van der Waals surface area contributed by atoms with Gasteiger partial charge in [0.15, 0.2) is 5.82 Å². The Bertz CT molecular complexity index is 1180. The zero-order valence-corrected chi connectivity index (χ0v) is 16.1. The van der Waals surface area contributed by atoms with E-state index < -0.39 is 5.60 Å². The van der Waals surface area contributed by atoms with Crippen LogP contribution in [0.3, 0.4) is 0 Å². The lowest BCUT2D eigenvalue weighted by atomic mass is 10.0. The Morgan fingerprint density at radius 1 is 1.31 bits per heavy atom. The molecule has 0 spiro atoms. The van der Waals surface area contributed by atoms with Crippen molar-refractivity contribution in [3.63, 3.8) is 0 Å². The number of nitrogen functional groups attached to an aromatic ring is 1. The van der Waals surface area contributed by atoms with Crippen molar-refractivity contribution < 1.29 is 9.90 Å². The summed E-state index contributed by atoms with van der Waals surface area (Å²) < 4.78 is 0. The molecule has 0 unspecified atom stereocenters. The van der Waals surface area contributed by atoms with Crippen LogP contribution in [-0.2, 0) is 4.79 Å². The van der Waals surface area contributed by atoms with Gasteiger partial charge in [0.1, 0.15) is 5.82 Å². The normalized spacial score (nSPS) is 18.6. The Morgan fingerprint density at radius 3 is 2.86 bits per heavy atom. The van der Waals surface area contributed by atoms with Crippen LogP contribution in [0.4, 0.5) is 11.5 Å². The molecule has 1 saturated heterocycles. The molecule has 1 atom stereocenters.